The lowest BCUT2D eigenvalue weighted by Gasteiger charge is -2.16. The van der Waals surface area contributed by atoms with Crippen molar-refractivity contribution in [1.82, 2.24) is 5.43 Å². The van der Waals surface area contributed by atoms with E-state index in [0.29, 0.717) is 17.1 Å². The molecule has 1 heterocycles. The van der Waals surface area contributed by atoms with Gasteiger partial charge in [0.25, 0.3) is 0 Å². The van der Waals surface area contributed by atoms with Crippen LogP contribution in [-0.2, 0) is 0 Å². The third kappa shape index (κ3) is 2.20. The molecule has 2 N–H and O–H groups in total. The summed E-state index contributed by atoms with van der Waals surface area (Å²) in [6.07, 6.45) is 0.746. The zero-order valence-electron chi connectivity index (χ0n) is 11.1. The molecule has 1 aliphatic rings. The molecule has 0 atom stereocenters. The molecule has 5 nitrogen and oxygen atoms in total. The van der Waals surface area contributed by atoms with E-state index in [1.165, 1.54) is 7.11 Å². The van der Waals surface area contributed by atoms with Crippen molar-refractivity contribution in [2.75, 3.05) is 14.2 Å². The van der Waals surface area contributed by atoms with Gasteiger partial charge >= 0.3 is 0 Å². The molecule has 1 aromatic rings. The Bertz CT molecular complexity index is 495. The number of hydrogen-bond donors (Lipinski definition) is 2. The van der Waals surface area contributed by atoms with Crippen molar-refractivity contribution >= 4 is 5.71 Å². The fourth-order valence-corrected chi connectivity index (χ4v) is 1.97. The number of ether oxygens (including phenoxy) is 2. The summed E-state index contributed by atoms with van der Waals surface area (Å²) in [5, 5.41) is 14.3. The Hall–Kier alpha value is -1.91. The SMILES string of the molecule is COc1cc(O)c(C2=NNC(C)(C)C2)cc1OC. The first-order chi connectivity index (χ1) is 8.46. The predicted octanol–water partition coefficient (Wildman–Crippen LogP) is 1.89. The number of phenols is 1. The summed E-state index contributed by atoms with van der Waals surface area (Å²) in [6, 6.07) is 3.29. The van der Waals surface area contributed by atoms with Crippen LogP contribution in [-0.4, -0.2) is 30.6 Å². The van der Waals surface area contributed by atoms with Gasteiger partial charge in [-0.15, -0.1) is 0 Å². The lowest BCUT2D eigenvalue weighted by molar-refractivity contribution is 0.351. The van der Waals surface area contributed by atoms with Crippen LogP contribution in [0, 0.1) is 0 Å². The highest BCUT2D eigenvalue weighted by atomic mass is 16.5. The second kappa shape index (κ2) is 4.40. The van der Waals surface area contributed by atoms with E-state index in [1.807, 2.05) is 0 Å². The summed E-state index contributed by atoms with van der Waals surface area (Å²) in [4.78, 5) is 0. The maximum Gasteiger partial charge on any atom is 0.164 e. The largest absolute Gasteiger partial charge is 0.507 e. The van der Waals surface area contributed by atoms with Crippen molar-refractivity contribution in [3.8, 4) is 17.2 Å². The standard InChI is InChI=1S/C13H18N2O3/c1-13(2)7-9(14-15-13)8-5-11(17-3)12(18-4)6-10(8)16/h5-6,15-16H,7H2,1-4H3. The summed E-state index contributed by atoms with van der Waals surface area (Å²) in [6.45, 7) is 4.11. The number of benzene rings is 1. The number of phenolic OH excluding ortho intramolecular Hbond substituents is 1. The van der Waals surface area contributed by atoms with Crippen LogP contribution in [0.5, 0.6) is 17.2 Å². The molecule has 98 valence electrons. The lowest BCUT2D eigenvalue weighted by atomic mass is 9.95. The summed E-state index contributed by atoms with van der Waals surface area (Å²) in [7, 11) is 3.10. The average molecular weight is 250 g/mol. The van der Waals surface area contributed by atoms with Gasteiger partial charge in [0.05, 0.1) is 25.5 Å². The van der Waals surface area contributed by atoms with E-state index in [4.69, 9.17) is 9.47 Å². The van der Waals surface area contributed by atoms with Crippen LogP contribution in [0.15, 0.2) is 17.2 Å². The summed E-state index contributed by atoms with van der Waals surface area (Å²) < 4.78 is 10.4. The molecular formula is C13H18N2O3. The molecule has 2 rings (SSSR count). The Morgan fingerprint density at radius 2 is 1.83 bits per heavy atom. The van der Waals surface area contributed by atoms with Gasteiger partial charge in [-0.2, -0.15) is 5.10 Å². The highest BCUT2D eigenvalue weighted by molar-refractivity contribution is 6.04. The first-order valence-electron chi connectivity index (χ1n) is 5.76. The quantitative estimate of drug-likeness (QED) is 0.859. The van der Waals surface area contributed by atoms with E-state index in [1.54, 1.807) is 19.2 Å². The monoisotopic (exact) mass is 250 g/mol. The molecule has 0 radical (unpaired) electrons. The zero-order valence-corrected chi connectivity index (χ0v) is 11.1. The van der Waals surface area contributed by atoms with Crippen LogP contribution in [0.3, 0.4) is 0 Å². The van der Waals surface area contributed by atoms with E-state index >= 15 is 0 Å². The van der Waals surface area contributed by atoms with Crippen LogP contribution in [0.25, 0.3) is 0 Å². The number of methoxy groups -OCH3 is 2. The Labute approximate surface area is 106 Å². The summed E-state index contributed by atoms with van der Waals surface area (Å²) in [5.41, 5.74) is 4.44. The van der Waals surface area contributed by atoms with Crippen molar-refractivity contribution in [2.24, 2.45) is 5.10 Å². The zero-order chi connectivity index (χ0) is 13.3. The van der Waals surface area contributed by atoms with Gasteiger partial charge in [0, 0.05) is 18.1 Å². The van der Waals surface area contributed by atoms with E-state index < -0.39 is 0 Å². The number of nitrogens with zero attached hydrogens (tertiary/aromatic N) is 1. The van der Waals surface area contributed by atoms with Gasteiger partial charge < -0.3 is 20.0 Å². The van der Waals surface area contributed by atoms with Crippen LogP contribution < -0.4 is 14.9 Å². The van der Waals surface area contributed by atoms with Gasteiger partial charge in [-0.1, -0.05) is 0 Å². The number of nitrogens with one attached hydrogen (secondary N) is 1. The first kappa shape index (κ1) is 12.5. The number of aromatic hydroxyl groups is 1. The Morgan fingerprint density at radius 3 is 2.33 bits per heavy atom. The van der Waals surface area contributed by atoms with Gasteiger partial charge in [0.1, 0.15) is 5.75 Å². The fraction of sp³-hybridized carbons (Fsp3) is 0.462. The molecule has 0 unspecified atom stereocenters. The second-order valence-electron chi connectivity index (χ2n) is 4.96. The molecule has 0 amide bonds. The van der Waals surface area contributed by atoms with Gasteiger partial charge in [-0.3, -0.25) is 0 Å². The van der Waals surface area contributed by atoms with Gasteiger partial charge in [0.2, 0.25) is 0 Å². The molecule has 0 saturated carbocycles. The molecular weight excluding hydrogens is 232 g/mol. The normalized spacial score (nSPS) is 17.0. The average Bonchev–Trinajstić information content (AvgIpc) is 2.69. The van der Waals surface area contributed by atoms with E-state index in [0.717, 1.165) is 12.1 Å². The van der Waals surface area contributed by atoms with E-state index in [2.05, 4.69) is 24.4 Å². The van der Waals surface area contributed by atoms with Gasteiger partial charge in [0.15, 0.2) is 11.5 Å². The van der Waals surface area contributed by atoms with Crippen LogP contribution >= 0.6 is 0 Å². The Kier molecular flexibility index (Phi) is 3.07. The number of hydrazone groups is 1. The van der Waals surface area contributed by atoms with Crippen LogP contribution in [0.4, 0.5) is 0 Å². The Morgan fingerprint density at radius 1 is 1.22 bits per heavy atom. The highest BCUT2D eigenvalue weighted by Gasteiger charge is 2.28. The van der Waals surface area contributed by atoms with Crippen molar-refractivity contribution in [3.05, 3.63) is 17.7 Å². The molecule has 5 heteroatoms. The molecule has 0 saturated heterocycles. The third-order valence-electron chi connectivity index (χ3n) is 2.92. The minimum atomic E-state index is -0.0884. The smallest absolute Gasteiger partial charge is 0.164 e. The minimum absolute atomic E-state index is 0.0884. The highest BCUT2D eigenvalue weighted by Crippen LogP contribution is 2.36. The molecule has 0 bridgehead atoms. The molecule has 18 heavy (non-hydrogen) atoms. The Balaban J connectivity index is 2.40. The van der Waals surface area contributed by atoms with Crippen molar-refractivity contribution in [2.45, 2.75) is 25.8 Å². The first-order valence-corrected chi connectivity index (χ1v) is 5.76. The summed E-state index contributed by atoms with van der Waals surface area (Å²) >= 11 is 0. The molecule has 0 fully saturated rings. The maximum atomic E-state index is 10.0. The minimum Gasteiger partial charge on any atom is -0.507 e. The van der Waals surface area contributed by atoms with Crippen molar-refractivity contribution in [3.63, 3.8) is 0 Å². The van der Waals surface area contributed by atoms with Gasteiger partial charge in [-0.25, -0.2) is 0 Å². The summed E-state index contributed by atoms with van der Waals surface area (Å²) in [5.74, 6) is 1.23. The van der Waals surface area contributed by atoms with Crippen LogP contribution in [0.1, 0.15) is 25.8 Å². The number of hydrogen-bond acceptors (Lipinski definition) is 5. The molecule has 1 aliphatic heterocycles. The topological polar surface area (TPSA) is 63.1 Å². The molecule has 0 aromatic heterocycles. The van der Waals surface area contributed by atoms with Crippen LogP contribution in [0.2, 0.25) is 0 Å². The van der Waals surface area contributed by atoms with E-state index in [-0.39, 0.29) is 11.3 Å². The van der Waals surface area contributed by atoms with E-state index in [9.17, 15) is 5.11 Å². The van der Waals surface area contributed by atoms with Gasteiger partial charge in [-0.05, 0) is 19.9 Å². The fourth-order valence-electron chi connectivity index (χ4n) is 1.97. The predicted molar refractivity (Wildman–Crippen MR) is 69.6 cm³/mol. The third-order valence-corrected chi connectivity index (χ3v) is 2.92. The molecule has 1 aromatic carbocycles. The lowest BCUT2D eigenvalue weighted by Crippen LogP contribution is -2.30. The molecule has 0 aliphatic carbocycles. The molecule has 0 spiro atoms. The van der Waals surface area contributed by atoms with Crippen molar-refractivity contribution < 1.29 is 14.6 Å². The maximum absolute atomic E-state index is 10.0. The number of rotatable bonds is 3. The second-order valence-corrected chi connectivity index (χ2v) is 4.96. The van der Waals surface area contributed by atoms with Crippen molar-refractivity contribution in [1.29, 1.82) is 0 Å².